The summed E-state index contributed by atoms with van der Waals surface area (Å²) in [4.78, 5) is 21.7. The Morgan fingerprint density at radius 3 is 2.76 bits per heavy atom. The van der Waals surface area contributed by atoms with Gasteiger partial charge in [-0.15, -0.1) is 11.3 Å². The van der Waals surface area contributed by atoms with Crippen molar-refractivity contribution in [3.8, 4) is 11.8 Å². The van der Waals surface area contributed by atoms with Crippen molar-refractivity contribution in [1.29, 1.82) is 0 Å². The number of amides is 1. The van der Waals surface area contributed by atoms with Crippen LogP contribution in [-0.2, 0) is 4.79 Å². The van der Waals surface area contributed by atoms with Crippen LogP contribution in [0.1, 0.15) is 15.2 Å². The zero-order valence-electron chi connectivity index (χ0n) is 8.56. The molecular weight excluding hydrogens is 238 g/mol. The van der Waals surface area contributed by atoms with Crippen LogP contribution in [0, 0.1) is 11.8 Å². The van der Waals surface area contributed by atoms with E-state index in [4.69, 9.17) is 10.8 Å². The first-order valence-electron chi connectivity index (χ1n) is 4.65. The fourth-order valence-electron chi connectivity index (χ4n) is 1.40. The molecule has 5 heteroatoms. The predicted octanol–water partition coefficient (Wildman–Crippen LogP) is 1.44. The number of carbonyl (C=O) groups is 2. The molecule has 2 aromatic rings. The lowest BCUT2D eigenvalue weighted by atomic mass is 10.1. The van der Waals surface area contributed by atoms with E-state index in [0.717, 1.165) is 10.1 Å². The lowest BCUT2D eigenvalue weighted by molar-refractivity contribution is -0.112. The average Bonchev–Trinajstić information content (AvgIpc) is 2.70. The largest absolute Gasteiger partial charge is 0.477 e. The number of primary amides is 1. The van der Waals surface area contributed by atoms with Crippen molar-refractivity contribution in [1.82, 2.24) is 0 Å². The Labute approximate surface area is 101 Å². The van der Waals surface area contributed by atoms with Crippen LogP contribution in [0.5, 0.6) is 0 Å². The topological polar surface area (TPSA) is 80.4 Å². The van der Waals surface area contributed by atoms with Gasteiger partial charge in [0.15, 0.2) is 0 Å². The van der Waals surface area contributed by atoms with Crippen LogP contribution in [0.3, 0.4) is 0 Å². The van der Waals surface area contributed by atoms with Gasteiger partial charge in [-0.3, -0.25) is 4.79 Å². The predicted molar refractivity (Wildman–Crippen MR) is 64.9 cm³/mol. The second-order valence-corrected chi connectivity index (χ2v) is 4.33. The Hall–Kier alpha value is -2.32. The van der Waals surface area contributed by atoms with E-state index in [2.05, 4.69) is 11.8 Å². The minimum Gasteiger partial charge on any atom is -0.477 e. The summed E-state index contributed by atoms with van der Waals surface area (Å²) in [5.41, 5.74) is 5.54. The Morgan fingerprint density at radius 1 is 1.35 bits per heavy atom. The lowest BCUT2D eigenvalue weighted by Crippen LogP contribution is -2.06. The van der Waals surface area contributed by atoms with Crippen molar-refractivity contribution >= 4 is 33.3 Å². The molecule has 0 aliphatic heterocycles. The smallest absolute Gasteiger partial charge is 0.345 e. The van der Waals surface area contributed by atoms with E-state index >= 15 is 0 Å². The molecule has 3 N–H and O–H groups in total. The number of thiophene rings is 1. The maximum atomic E-state index is 10.8. The molecule has 0 radical (unpaired) electrons. The highest BCUT2D eigenvalue weighted by molar-refractivity contribution is 7.20. The van der Waals surface area contributed by atoms with Gasteiger partial charge in [-0.2, -0.15) is 0 Å². The molecule has 0 spiro atoms. The van der Waals surface area contributed by atoms with Crippen molar-refractivity contribution in [3.05, 3.63) is 34.7 Å². The number of nitrogens with two attached hydrogens (primary N) is 1. The highest BCUT2D eigenvalue weighted by atomic mass is 32.1. The van der Waals surface area contributed by atoms with E-state index in [1.165, 1.54) is 11.3 Å². The highest BCUT2D eigenvalue weighted by Gasteiger charge is 2.09. The first-order valence-corrected chi connectivity index (χ1v) is 5.47. The number of hydrogen-bond donors (Lipinski definition) is 2. The fourth-order valence-corrected chi connectivity index (χ4v) is 2.33. The molecule has 1 aromatic heterocycles. The molecule has 1 heterocycles. The van der Waals surface area contributed by atoms with Gasteiger partial charge in [0.1, 0.15) is 4.88 Å². The molecule has 1 aromatic carbocycles. The fraction of sp³-hybridized carbons (Fsp3) is 0. The normalized spacial score (nSPS) is 9.65. The van der Waals surface area contributed by atoms with Crippen LogP contribution < -0.4 is 5.73 Å². The van der Waals surface area contributed by atoms with Crippen LogP contribution in [0.2, 0.25) is 0 Å². The van der Waals surface area contributed by atoms with Gasteiger partial charge in [0.25, 0.3) is 5.91 Å². The van der Waals surface area contributed by atoms with Gasteiger partial charge < -0.3 is 10.8 Å². The van der Waals surface area contributed by atoms with E-state index in [1.807, 2.05) is 6.07 Å². The summed E-state index contributed by atoms with van der Waals surface area (Å²) >= 11 is 1.17. The first kappa shape index (κ1) is 11.2. The molecule has 0 unspecified atom stereocenters. The SMILES string of the molecule is NC(=O)C#Cc1cccc2sc(C(=O)O)cc12. The first-order chi connectivity index (χ1) is 8.08. The third-order valence-corrected chi connectivity index (χ3v) is 3.18. The summed E-state index contributed by atoms with van der Waals surface area (Å²) in [6, 6.07) is 6.83. The lowest BCUT2D eigenvalue weighted by Gasteiger charge is -1.91. The van der Waals surface area contributed by atoms with E-state index in [-0.39, 0.29) is 4.88 Å². The summed E-state index contributed by atoms with van der Waals surface area (Å²) < 4.78 is 0.818. The Bertz CT molecular complexity index is 676. The second-order valence-electron chi connectivity index (χ2n) is 3.25. The number of rotatable bonds is 1. The zero-order valence-corrected chi connectivity index (χ0v) is 9.38. The highest BCUT2D eigenvalue weighted by Crippen LogP contribution is 2.27. The summed E-state index contributed by atoms with van der Waals surface area (Å²) in [5, 5.41) is 9.62. The van der Waals surface area contributed by atoms with E-state index in [9.17, 15) is 9.59 Å². The number of fused-ring (bicyclic) bond motifs is 1. The van der Waals surface area contributed by atoms with Gasteiger partial charge in [-0.05, 0) is 18.2 Å². The minimum absolute atomic E-state index is 0.244. The molecule has 4 nitrogen and oxygen atoms in total. The molecule has 0 saturated carbocycles. The van der Waals surface area contributed by atoms with Crippen molar-refractivity contribution in [2.75, 3.05) is 0 Å². The standard InChI is InChI=1S/C12H7NO3S/c13-11(14)5-4-7-2-1-3-9-8(7)6-10(17-9)12(15)16/h1-3,6H,(H2,13,14)(H,15,16). The Balaban J connectivity index is 2.62. The number of aromatic carboxylic acids is 1. The Kier molecular flexibility index (Phi) is 2.81. The quantitative estimate of drug-likeness (QED) is 0.746. The van der Waals surface area contributed by atoms with E-state index in [0.29, 0.717) is 5.56 Å². The molecular formula is C12H7NO3S. The summed E-state index contributed by atoms with van der Waals surface area (Å²) in [7, 11) is 0. The van der Waals surface area contributed by atoms with Crippen molar-refractivity contribution in [2.24, 2.45) is 5.73 Å². The van der Waals surface area contributed by atoms with Gasteiger partial charge in [-0.25, -0.2) is 4.79 Å². The zero-order chi connectivity index (χ0) is 12.4. The summed E-state index contributed by atoms with van der Waals surface area (Å²) in [6.07, 6.45) is 0. The second kappa shape index (κ2) is 4.28. The minimum atomic E-state index is -0.972. The maximum absolute atomic E-state index is 10.8. The third kappa shape index (κ3) is 2.27. The van der Waals surface area contributed by atoms with Gasteiger partial charge in [0.2, 0.25) is 0 Å². The molecule has 0 atom stereocenters. The van der Waals surface area contributed by atoms with Crippen LogP contribution in [0.15, 0.2) is 24.3 Å². The van der Waals surface area contributed by atoms with Crippen LogP contribution in [0.25, 0.3) is 10.1 Å². The summed E-state index contributed by atoms with van der Waals surface area (Å²) in [6.45, 7) is 0. The molecule has 0 bridgehead atoms. The number of hydrogen-bond acceptors (Lipinski definition) is 3. The number of carboxylic acid groups (broad SMARTS) is 1. The van der Waals surface area contributed by atoms with Gasteiger partial charge in [-0.1, -0.05) is 12.0 Å². The molecule has 2 rings (SSSR count). The molecule has 1 amide bonds. The monoisotopic (exact) mass is 245 g/mol. The molecule has 0 aliphatic rings. The van der Waals surface area contributed by atoms with E-state index < -0.39 is 11.9 Å². The van der Waals surface area contributed by atoms with Crippen molar-refractivity contribution < 1.29 is 14.7 Å². The third-order valence-electron chi connectivity index (χ3n) is 2.09. The van der Waals surface area contributed by atoms with Crippen LogP contribution in [-0.4, -0.2) is 17.0 Å². The molecule has 0 fully saturated rings. The number of carboxylic acids is 1. The van der Waals surface area contributed by atoms with Gasteiger partial charge >= 0.3 is 5.97 Å². The molecule has 0 aliphatic carbocycles. The molecule has 17 heavy (non-hydrogen) atoms. The molecule has 0 saturated heterocycles. The summed E-state index contributed by atoms with van der Waals surface area (Å²) in [5.74, 6) is 3.18. The number of benzene rings is 1. The molecule has 84 valence electrons. The van der Waals surface area contributed by atoms with Gasteiger partial charge in [0, 0.05) is 21.6 Å². The van der Waals surface area contributed by atoms with Crippen molar-refractivity contribution in [3.63, 3.8) is 0 Å². The van der Waals surface area contributed by atoms with Crippen LogP contribution in [0.4, 0.5) is 0 Å². The average molecular weight is 245 g/mol. The maximum Gasteiger partial charge on any atom is 0.345 e. The van der Waals surface area contributed by atoms with Gasteiger partial charge in [0.05, 0.1) is 0 Å². The van der Waals surface area contributed by atoms with Crippen LogP contribution >= 0.6 is 11.3 Å². The van der Waals surface area contributed by atoms with Crippen molar-refractivity contribution in [2.45, 2.75) is 0 Å². The number of carbonyl (C=O) groups excluding carboxylic acids is 1. The Morgan fingerprint density at radius 2 is 2.12 bits per heavy atom. The van der Waals surface area contributed by atoms with E-state index in [1.54, 1.807) is 18.2 Å².